The summed E-state index contributed by atoms with van der Waals surface area (Å²) in [6.07, 6.45) is -0.835. The predicted octanol–water partition coefficient (Wildman–Crippen LogP) is 7.16. The van der Waals surface area contributed by atoms with Crippen LogP contribution < -0.4 is 4.74 Å². The van der Waals surface area contributed by atoms with Gasteiger partial charge in [0, 0.05) is 13.1 Å². The zero-order valence-electron chi connectivity index (χ0n) is 28.9. The highest BCUT2D eigenvalue weighted by atomic mass is 16.6. The summed E-state index contributed by atoms with van der Waals surface area (Å²) in [5, 5.41) is 0. The number of hydrogen-bond acceptors (Lipinski definition) is 8. The van der Waals surface area contributed by atoms with Crippen molar-refractivity contribution in [2.75, 3.05) is 14.2 Å². The standard InChI is InChI=1S/C43H39NO8/c1-49-41(46)36-35(37(38(36)42(47)50-2)43(48)52-39(31-17-9-4-10-18-31)32-19-11-5-12-20-32)40(45)44(27-29-15-7-3-8-16-29)28-30-23-25-34(26-24-30)51-33-21-13-6-14-22-33/h3-26,35-39H,27-28H2,1-2H3. The van der Waals surface area contributed by atoms with E-state index in [1.54, 1.807) is 4.90 Å². The Kier molecular flexibility index (Phi) is 11.4. The summed E-state index contributed by atoms with van der Waals surface area (Å²) >= 11 is 0. The Morgan fingerprint density at radius 2 is 0.904 bits per heavy atom. The summed E-state index contributed by atoms with van der Waals surface area (Å²) < 4.78 is 22.3. The molecule has 4 unspecified atom stereocenters. The highest BCUT2D eigenvalue weighted by molar-refractivity contribution is 5.99. The van der Waals surface area contributed by atoms with Gasteiger partial charge in [0.25, 0.3) is 0 Å². The Bertz CT molecular complexity index is 1910. The maximum absolute atomic E-state index is 14.8. The summed E-state index contributed by atoms with van der Waals surface area (Å²) in [7, 11) is 2.36. The minimum Gasteiger partial charge on any atom is -0.469 e. The summed E-state index contributed by atoms with van der Waals surface area (Å²) in [5.41, 5.74) is 3.03. The largest absolute Gasteiger partial charge is 0.469 e. The molecule has 52 heavy (non-hydrogen) atoms. The molecule has 0 N–H and O–H groups in total. The van der Waals surface area contributed by atoms with E-state index in [1.165, 1.54) is 14.2 Å². The Morgan fingerprint density at radius 3 is 1.40 bits per heavy atom. The van der Waals surface area contributed by atoms with Crippen molar-refractivity contribution >= 4 is 23.8 Å². The lowest BCUT2D eigenvalue weighted by molar-refractivity contribution is -0.196. The fourth-order valence-electron chi connectivity index (χ4n) is 6.72. The van der Waals surface area contributed by atoms with E-state index in [1.807, 2.05) is 146 Å². The average Bonchev–Trinajstić information content (AvgIpc) is 3.18. The van der Waals surface area contributed by atoms with E-state index in [4.69, 9.17) is 18.9 Å². The van der Waals surface area contributed by atoms with Gasteiger partial charge in [-0.2, -0.15) is 0 Å². The van der Waals surface area contributed by atoms with Gasteiger partial charge in [-0.1, -0.05) is 121 Å². The minimum atomic E-state index is -1.32. The summed E-state index contributed by atoms with van der Waals surface area (Å²) in [6, 6.07) is 44.5. The molecule has 0 spiro atoms. The fourth-order valence-corrected chi connectivity index (χ4v) is 6.72. The lowest BCUT2D eigenvalue weighted by Crippen LogP contribution is -2.63. The van der Waals surface area contributed by atoms with Gasteiger partial charge in [-0.3, -0.25) is 19.2 Å². The first-order valence-corrected chi connectivity index (χ1v) is 17.0. The van der Waals surface area contributed by atoms with Crippen molar-refractivity contribution in [3.8, 4) is 11.5 Å². The molecule has 0 aliphatic heterocycles. The van der Waals surface area contributed by atoms with Crippen LogP contribution >= 0.6 is 0 Å². The third-order valence-corrected chi connectivity index (χ3v) is 9.29. The van der Waals surface area contributed by atoms with E-state index in [0.717, 1.165) is 11.1 Å². The van der Waals surface area contributed by atoms with Crippen LogP contribution in [-0.2, 0) is 46.5 Å². The SMILES string of the molecule is COC(=O)C1C(C(=O)OC)C(C(=O)N(Cc2ccccc2)Cc2ccc(Oc3ccccc3)cc2)C1C(=O)OC(c1ccccc1)c1ccccc1. The second kappa shape index (κ2) is 16.7. The lowest BCUT2D eigenvalue weighted by Gasteiger charge is -2.47. The number of hydrogen-bond donors (Lipinski definition) is 0. The number of esters is 3. The molecule has 5 aromatic rings. The summed E-state index contributed by atoms with van der Waals surface area (Å²) in [4.78, 5) is 57.3. The number of nitrogens with zero attached hydrogens (tertiary/aromatic N) is 1. The molecule has 1 amide bonds. The quantitative estimate of drug-likeness (QED) is 0.0942. The molecule has 4 atom stereocenters. The topological polar surface area (TPSA) is 108 Å². The Hall–Kier alpha value is -6.22. The van der Waals surface area contributed by atoms with E-state index >= 15 is 0 Å². The predicted molar refractivity (Wildman–Crippen MR) is 192 cm³/mol. The van der Waals surface area contributed by atoms with Crippen LogP contribution in [0.15, 0.2) is 146 Å². The van der Waals surface area contributed by atoms with Crippen molar-refractivity contribution in [3.63, 3.8) is 0 Å². The van der Waals surface area contributed by atoms with Gasteiger partial charge in [0.1, 0.15) is 11.5 Å². The zero-order valence-corrected chi connectivity index (χ0v) is 28.9. The molecule has 9 nitrogen and oxygen atoms in total. The van der Waals surface area contributed by atoms with Crippen molar-refractivity contribution in [2.45, 2.75) is 19.2 Å². The number of carbonyl (C=O) groups excluding carboxylic acids is 4. The third kappa shape index (κ3) is 8.05. The number of amides is 1. The van der Waals surface area contributed by atoms with Crippen LogP contribution in [-0.4, -0.2) is 42.9 Å². The second-order valence-corrected chi connectivity index (χ2v) is 12.5. The maximum Gasteiger partial charge on any atom is 0.311 e. The van der Waals surface area contributed by atoms with E-state index < -0.39 is 53.6 Å². The van der Waals surface area contributed by atoms with Gasteiger partial charge in [0.15, 0.2) is 6.10 Å². The van der Waals surface area contributed by atoms with Crippen LogP contribution in [0.4, 0.5) is 0 Å². The molecule has 5 aromatic carbocycles. The van der Waals surface area contributed by atoms with Gasteiger partial charge in [0.05, 0.1) is 37.9 Å². The van der Waals surface area contributed by atoms with Crippen LogP contribution in [0.3, 0.4) is 0 Å². The van der Waals surface area contributed by atoms with E-state index in [9.17, 15) is 19.2 Å². The Balaban J connectivity index is 1.33. The Morgan fingerprint density at radius 1 is 0.500 bits per heavy atom. The zero-order chi connectivity index (χ0) is 36.5. The van der Waals surface area contributed by atoms with Gasteiger partial charge in [0.2, 0.25) is 5.91 Å². The highest BCUT2D eigenvalue weighted by Gasteiger charge is 2.65. The van der Waals surface area contributed by atoms with Gasteiger partial charge in [-0.15, -0.1) is 0 Å². The molecule has 1 saturated carbocycles. The van der Waals surface area contributed by atoms with Crippen LogP contribution in [0.1, 0.15) is 28.4 Å². The number of ether oxygens (including phenoxy) is 4. The first-order valence-electron chi connectivity index (χ1n) is 17.0. The molecule has 0 saturated heterocycles. The molecule has 0 radical (unpaired) electrons. The summed E-state index contributed by atoms with van der Waals surface area (Å²) in [5.74, 6) is -6.72. The van der Waals surface area contributed by atoms with Crippen molar-refractivity contribution < 1.29 is 38.1 Å². The van der Waals surface area contributed by atoms with Crippen molar-refractivity contribution in [1.82, 2.24) is 4.90 Å². The molecule has 1 aliphatic carbocycles. The van der Waals surface area contributed by atoms with Crippen LogP contribution in [0.2, 0.25) is 0 Å². The first kappa shape index (κ1) is 35.6. The van der Waals surface area contributed by atoms with Crippen molar-refractivity contribution in [1.29, 1.82) is 0 Å². The van der Waals surface area contributed by atoms with E-state index in [0.29, 0.717) is 22.6 Å². The number of methoxy groups -OCH3 is 2. The van der Waals surface area contributed by atoms with Crippen molar-refractivity contribution in [3.05, 3.63) is 168 Å². The molecule has 0 aromatic heterocycles. The van der Waals surface area contributed by atoms with Crippen molar-refractivity contribution in [2.24, 2.45) is 23.7 Å². The molecular formula is C43H39NO8. The Labute approximate surface area is 302 Å². The molecule has 1 fully saturated rings. The van der Waals surface area contributed by atoms with Crippen LogP contribution in [0, 0.1) is 23.7 Å². The highest BCUT2D eigenvalue weighted by Crippen LogP contribution is 2.50. The molecule has 0 bridgehead atoms. The number of para-hydroxylation sites is 1. The lowest BCUT2D eigenvalue weighted by atomic mass is 9.55. The monoisotopic (exact) mass is 697 g/mol. The average molecular weight is 698 g/mol. The van der Waals surface area contributed by atoms with Gasteiger partial charge >= 0.3 is 17.9 Å². The van der Waals surface area contributed by atoms with Gasteiger partial charge in [-0.05, 0) is 46.5 Å². The van der Waals surface area contributed by atoms with E-state index in [2.05, 4.69) is 0 Å². The maximum atomic E-state index is 14.8. The van der Waals surface area contributed by atoms with Crippen LogP contribution in [0.25, 0.3) is 0 Å². The normalized spacial score (nSPS) is 17.7. The third-order valence-electron chi connectivity index (χ3n) is 9.29. The first-order chi connectivity index (χ1) is 25.4. The molecule has 0 heterocycles. The molecule has 9 heteroatoms. The number of benzene rings is 5. The fraction of sp³-hybridized carbons (Fsp3) is 0.209. The van der Waals surface area contributed by atoms with Crippen LogP contribution in [0.5, 0.6) is 11.5 Å². The number of rotatable bonds is 13. The molecular weight excluding hydrogens is 658 g/mol. The van der Waals surface area contributed by atoms with Gasteiger partial charge < -0.3 is 23.8 Å². The summed E-state index contributed by atoms with van der Waals surface area (Å²) in [6.45, 7) is 0.318. The molecule has 6 rings (SSSR count). The number of carbonyl (C=O) groups is 4. The van der Waals surface area contributed by atoms with Gasteiger partial charge in [-0.25, -0.2) is 0 Å². The van der Waals surface area contributed by atoms with E-state index in [-0.39, 0.29) is 13.1 Å². The molecule has 1 aliphatic rings. The minimum absolute atomic E-state index is 0.144. The smallest absolute Gasteiger partial charge is 0.311 e. The molecule has 264 valence electrons. The second-order valence-electron chi connectivity index (χ2n) is 12.5.